The summed E-state index contributed by atoms with van der Waals surface area (Å²) in [5.74, 6) is 12.0. The van der Waals surface area contributed by atoms with E-state index in [1.165, 1.54) is 0 Å². The molecule has 75 heavy (non-hydrogen) atoms. The summed E-state index contributed by atoms with van der Waals surface area (Å²) in [6.45, 7) is 0.797. The highest BCUT2D eigenvalue weighted by Crippen LogP contribution is 2.41. The Morgan fingerprint density at radius 3 is 1.32 bits per heavy atom. The number of carbonyl (C=O) groups is 3. The minimum atomic E-state index is -0.595. The lowest BCUT2D eigenvalue weighted by molar-refractivity contribution is 0.0471. The molecule has 2 aliphatic rings. The molecule has 0 saturated heterocycles. The zero-order valence-electron chi connectivity index (χ0n) is 41.7. The topological polar surface area (TPSA) is 162 Å². The Morgan fingerprint density at radius 1 is 0.453 bits per heavy atom. The van der Waals surface area contributed by atoms with E-state index >= 15 is 0 Å². The molecule has 1 unspecified atom stereocenters. The first-order valence-electron chi connectivity index (χ1n) is 23.6. The molecular formula is C60H54O15. The quantitative estimate of drug-likeness (QED) is 0.0279. The van der Waals surface area contributed by atoms with Crippen LogP contribution in [-0.2, 0) is 22.3 Å². The number of carbonyl (C=O) groups excluding carboxylic acids is 3. The highest BCUT2D eigenvalue weighted by atomic mass is 16.6. The van der Waals surface area contributed by atoms with Crippen molar-refractivity contribution in [1.82, 2.24) is 0 Å². The Labute approximate surface area is 435 Å². The lowest BCUT2D eigenvalue weighted by Gasteiger charge is -2.25. The zero-order chi connectivity index (χ0) is 52.9. The Hall–Kier alpha value is -9.23. The number of ether oxygens (including phenoxy) is 12. The predicted molar refractivity (Wildman–Crippen MR) is 279 cm³/mol. The van der Waals surface area contributed by atoms with E-state index in [1.807, 2.05) is 36.4 Å². The smallest absolute Gasteiger partial charge is 0.163 e. The average Bonchev–Trinajstić information content (AvgIpc) is 3.49. The molecule has 0 radical (unpaired) electrons. The Balaban J connectivity index is 1.17. The van der Waals surface area contributed by atoms with Crippen molar-refractivity contribution in [1.29, 1.82) is 0 Å². The second-order valence-corrected chi connectivity index (χ2v) is 16.4. The van der Waals surface area contributed by atoms with Crippen molar-refractivity contribution in [3.63, 3.8) is 0 Å². The SMILES string of the molecule is C#CCOc1cc(C=O)ccc1OCCOc1cc2c(cc1OC)Cc1cc(OCCOc3ccc(C=O)cc3OCC#C)c(OC)cc1CC1=CC(OCCOc3ccc(C=O)cc3OCC#C)C(OC)=CC1=C2. The second-order valence-electron chi connectivity index (χ2n) is 16.4. The average molecular weight is 1020 g/mol. The van der Waals surface area contributed by atoms with Crippen LogP contribution in [0.15, 0.2) is 108 Å². The van der Waals surface area contributed by atoms with Crippen molar-refractivity contribution < 1.29 is 71.2 Å². The number of hydrogen-bond acceptors (Lipinski definition) is 15. The number of aldehydes is 3. The first-order valence-corrected chi connectivity index (χ1v) is 23.6. The minimum absolute atomic E-state index is 0.0000246. The van der Waals surface area contributed by atoms with E-state index in [9.17, 15) is 14.4 Å². The van der Waals surface area contributed by atoms with E-state index in [2.05, 4.69) is 23.8 Å². The number of allylic oxidation sites excluding steroid dienone is 3. The van der Waals surface area contributed by atoms with Gasteiger partial charge in [-0.1, -0.05) is 17.8 Å². The molecule has 0 aliphatic heterocycles. The summed E-state index contributed by atoms with van der Waals surface area (Å²) >= 11 is 0. The summed E-state index contributed by atoms with van der Waals surface area (Å²) in [6.07, 6.45) is 24.8. The number of terminal acetylenes is 3. The van der Waals surface area contributed by atoms with Crippen LogP contribution in [0.25, 0.3) is 6.08 Å². The molecule has 0 amide bonds. The number of methoxy groups -OCH3 is 3. The lowest BCUT2D eigenvalue weighted by Crippen LogP contribution is -2.22. The molecule has 0 saturated carbocycles. The number of fused-ring (bicyclic) bond motifs is 3. The van der Waals surface area contributed by atoms with Crippen molar-refractivity contribution >= 4 is 24.9 Å². The van der Waals surface area contributed by atoms with Crippen molar-refractivity contribution in [2.45, 2.75) is 18.9 Å². The van der Waals surface area contributed by atoms with Crippen molar-refractivity contribution in [2.24, 2.45) is 0 Å². The molecule has 0 heterocycles. The highest BCUT2D eigenvalue weighted by Gasteiger charge is 2.26. The highest BCUT2D eigenvalue weighted by molar-refractivity contribution is 5.78. The Morgan fingerprint density at radius 2 is 0.867 bits per heavy atom. The Kier molecular flexibility index (Phi) is 19.3. The predicted octanol–water partition coefficient (Wildman–Crippen LogP) is 8.56. The molecule has 5 aromatic rings. The molecule has 15 heteroatoms. The minimum Gasteiger partial charge on any atom is -0.498 e. The molecule has 7 rings (SSSR count). The largest absolute Gasteiger partial charge is 0.498 e. The van der Waals surface area contributed by atoms with Crippen molar-refractivity contribution in [3.8, 4) is 94.5 Å². The third-order valence-electron chi connectivity index (χ3n) is 11.6. The standard InChI is InChI=1S/C60H54O15/c1-7-16-67-55-25-40(37-61)10-13-49(55)70-19-22-73-58-34-46-28-44-32-53(65-5)60(75-24-21-72-51-15-12-42(39-63)27-57(51)69-18-9-3)36-48(44)30-45-33-54(66-6)59(35-47(45)29-43(46)31-52(58)64-4)74-23-20-71-50-14-11-41(38-62)26-56(50)68-17-8-2/h1-3,10-15,25-28,31-39,60H,16-24,29-30H2,4-6H3. The summed E-state index contributed by atoms with van der Waals surface area (Å²) in [6, 6.07) is 22.3. The number of benzene rings is 5. The van der Waals surface area contributed by atoms with Gasteiger partial charge in [-0.3, -0.25) is 14.4 Å². The maximum atomic E-state index is 11.4. The molecule has 0 spiro atoms. The molecule has 2 aliphatic carbocycles. The van der Waals surface area contributed by atoms with Crippen molar-refractivity contribution in [3.05, 3.63) is 147 Å². The van der Waals surface area contributed by atoms with Crippen molar-refractivity contribution in [2.75, 3.05) is 80.8 Å². The molecule has 0 bridgehead atoms. The summed E-state index contributed by atoms with van der Waals surface area (Å²) in [5.41, 5.74) is 6.72. The van der Waals surface area contributed by atoms with Crippen LogP contribution in [0.5, 0.6) is 57.5 Å². The number of rotatable bonds is 27. The third-order valence-corrected chi connectivity index (χ3v) is 11.6. The van der Waals surface area contributed by atoms with Gasteiger partial charge in [0.25, 0.3) is 0 Å². The molecule has 384 valence electrons. The summed E-state index contributed by atoms with van der Waals surface area (Å²) in [7, 11) is 4.75. The maximum absolute atomic E-state index is 11.4. The van der Waals surface area contributed by atoms with Crippen LogP contribution in [0.3, 0.4) is 0 Å². The molecule has 0 fully saturated rings. The van der Waals surface area contributed by atoms with Crippen LogP contribution in [0, 0.1) is 37.0 Å². The van der Waals surface area contributed by atoms with Crippen LogP contribution in [0.1, 0.15) is 53.3 Å². The van der Waals surface area contributed by atoms with E-state index in [1.54, 1.807) is 75.9 Å². The Bertz CT molecular complexity index is 3090. The van der Waals surface area contributed by atoms with E-state index < -0.39 is 6.10 Å². The molecular weight excluding hydrogens is 961 g/mol. The van der Waals surface area contributed by atoms with Gasteiger partial charge in [-0.05, 0) is 143 Å². The normalized spacial score (nSPS) is 13.1. The maximum Gasteiger partial charge on any atom is 0.163 e. The molecule has 0 N–H and O–H groups in total. The van der Waals surface area contributed by atoms with Gasteiger partial charge in [-0.15, -0.1) is 19.3 Å². The van der Waals surface area contributed by atoms with E-state index in [0.29, 0.717) is 112 Å². The third kappa shape index (κ3) is 14.1. The molecule has 0 aromatic heterocycles. The molecule has 1 atom stereocenters. The van der Waals surface area contributed by atoms with Crippen LogP contribution in [0.2, 0.25) is 0 Å². The van der Waals surface area contributed by atoms with E-state index in [0.717, 1.165) is 33.4 Å². The second kappa shape index (κ2) is 27.0. The monoisotopic (exact) mass is 1010 g/mol. The van der Waals surface area contributed by atoms with Crippen LogP contribution >= 0.6 is 0 Å². The van der Waals surface area contributed by atoms with Gasteiger partial charge in [0.15, 0.2) is 57.5 Å². The zero-order valence-corrected chi connectivity index (χ0v) is 41.7. The van der Waals surface area contributed by atoms with E-state index in [4.69, 9.17) is 76.1 Å². The summed E-state index contributed by atoms with van der Waals surface area (Å²) < 4.78 is 71.9. The van der Waals surface area contributed by atoms with Gasteiger partial charge < -0.3 is 56.8 Å². The van der Waals surface area contributed by atoms with Gasteiger partial charge in [0, 0.05) is 16.7 Å². The van der Waals surface area contributed by atoms with Gasteiger partial charge >= 0.3 is 0 Å². The van der Waals surface area contributed by atoms with Gasteiger partial charge in [-0.2, -0.15) is 0 Å². The van der Waals surface area contributed by atoms with Gasteiger partial charge in [0.05, 0.1) is 27.9 Å². The van der Waals surface area contributed by atoms with Gasteiger partial charge in [-0.25, -0.2) is 0 Å². The van der Waals surface area contributed by atoms with Crippen LogP contribution in [-0.4, -0.2) is 106 Å². The van der Waals surface area contributed by atoms with E-state index in [-0.39, 0.29) is 59.5 Å². The summed E-state index contributed by atoms with van der Waals surface area (Å²) in [5, 5.41) is 0. The molecule has 15 nitrogen and oxygen atoms in total. The summed E-state index contributed by atoms with van der Waals surface area (Å²) in [4.78, 5) is 34.3. The first-order chi connectivity index (χ1) is 36.7. The fourth-order valence-corrected chi connectivity index (χ4v) is 8.07. The number of hydrogen-bond donors (Lipinski definition) is 0. The van der Waals surface area contributed by atoms with Crippen LogP contribution < -0.4 is 47.4 Å². The first kappa shape index (κ1) is 53.6. The lowest BCUT2D eigenvalue weighted by atomic mass is 9.89. The van der Waals surface area contributed by atoms with Crippen LogP contribution in [0.4, 0.5) is 0 Å². The van der Waals surface area contributed by atoms with Gasteiger partial charge in [0.2, 0.25) is 0 Å². The fraction of sp³-hybridized carbons (Fsp3) is 0.250. The molecule has 5 aromatic carbocycles. The fourth-order valence-electron chi connectivity index (χ4n) is 8.07. The van der Waals surface area contributed by atoms with Gasteiger partial charge in [0.1, 0.15) is 83.6 Å².